The van der Waals surface area contributed by atoms with Gasteiger partial charge in [-0.2, -0.15) is 5.26 Å². The molecule has 0 aromatic rings. The molecule has 0 saturated carbocycles. The molecule has 1 atom stereocenters. The highest BCUT2D eigenvalue weighted by Crippen LogP contribution is 2.57. The van der Waals surface area contributed by atoms with E-state index in [4.69, 9.17) is 18.8 Å². The smallest absolute Gasteiger partial charge is 0.286 e. The van der Waals surface area contributed by atoms with Crippen LogP contribution in [0.5, 0.6) is 0 Å². The fourth-order valence-corrected chi connectivity index (χ4v) is 3.38. The molecule has 0 aromatic carbocycles. The maximum atomic E-state index is 12.2. The molecule has 1 saturated heterocycles. The molecule has 0 spiro atoms. The summed E-state index contributed by atoms with van der Waals surface area (Å²) in [6, 6.07) is 1.82. The Kier molecular flexibility index (Phi) is 6.22. The maximum absolute atomic E-state index is 12.2. The van der Waals surface area contributed by atoms with Crippen LogP contribution in [0.25, 0.3) is 0 Å². The summed E-state index contributed by atoms with van der Waals surface area (Å²) < 4.78 is 27.9. The molecule has 1 rings (SSSR count). The Labute approximate surface area is 115 Å². The number of hydrogen-bond donors (Lipinski definition) is 0. The molecule has 1 fully saturated rings. The highest BCUT2D eigenvalue weighted by Gasteiger charge is 2.43. The quantitative estimate of drug-likeness (QED) is 0.526. The molecule has 0 N–H and O–H groups in total. The molecule has 19 heavy (non-hydrogen) atoms. The van der Waals surface area contributed by atoms with Crippen molar-refractivity contribution in [1.82, 2.24) is 0 Å². The van der Waals surface area contributed by atoms with Crippen molar-refractivity contribution in [3.63, 3.8) is 0 Å². The zero-order valence-electron chi connectivity index (χ0n) is 11.6. The minimum absolute atomic E-state index is 0.0937. The largest absolute Gasteiger partial charge is 0.476 e. The van der Waals surface area contributed by atoms with Gasteiger partial charge in [0.15, 0.2) is 6.10 Å². The first-order valence-corrected chi connectivity index (χ1v) is 8.09. The van der Waals surface area contributed by atoms with E-state index in [0.717, 1.165) is 25.7 Å². The maximum Gasteiger partial charge on any atom is 0.476 e. The van der Waals surface area contributed by atoms with Gasteiger partial charge in [0.1, 0.15) is 0 Å². The molecule has 1 aliphatic rings. The molecule has 6 heteroatoms. The van der Waals surface area contributed by atoms with Gasteiger partial charge in [-0.15, -0.1) is 0 Å². The van der Waals surface area contributed by atoms with Crippen molar-refractivity contribution < 1.29 is 18.1 Å². The Morgan fingerprint density at radius 2 is 2.16 bits per heavy atom. The van der Waals surface area contributed by atoms with Crippen molar-refractivity contribution in [2.24, 2.45) is 5.41 Å². The average Bonchev–Trinajstić information content (AvgIpc) is 2.45. The summed E-state index contributed by atoms with van der Waals surface area (Å²) in [6.07, 6.45) is 4.35. The van der Waals surface area contributed by atoms with E-state index in [1.165, 1.54) is 6.08 Å². The number of phosphoric acid groups is 1. The standard InChI is InChI=1S/C13H22NO4P/c1-4-7-8-13(6-3)10-16-19(15,17-11-13)18-12(5-2)9-14/h5,12H,2,4,6-8,10-11H2,1,3H3. The number of rotatable bonds is 7. The third-order valence-corrected chi connectivity index (χ3v) is 4.83. The van der Waals surface area contributed by atoms with E-state index in [-0.39, 0.29) is 5.41 Å². The van der Waals surface area contributed by atoms with Gasteiger partial charge in [-0.25, -0.2) is 4.57 Å². The third kappa shape index (κ3) is 4.43. The van der Waals surface area contributed by atoms with Crippen molar-refractivity contribution in [2.75, 3.05) is 13.2 Å². The predicted octanol–water partition coefficient (Wildman–Crippen LogP) is 3.82. The first-order chi connectivity index (χ1) is 9.03. The van der Waals surface area contributed by atoms with Gasteiger partial charge in [-0.1, -0.05) is 33.3 Å². The Balaban J connectivity index is 2.61. The molecule has 108 valence electrons. The summed E-state index contributed by atoms with van der Waals surface area (Å²) in [5.74, 6) is 0. The SMILES string of the molecule is C=CC(C#N)OP1(=O)OCC(CC)(CCCC)CO1. The molecule has 0 bridgehead atoms. The highest BCUT2D eigenvalue weighted by atomic mass is 31.2. The van der Waals surface area contributed by atoms with E-state index in [0.29, 0.717) is 13.2 Å². The van der Waals surface area contributed by atoms with Gasteiger partial charge in [-0.3, -0.25) is 13.6 Å². The summed E-state index contributed by atoms with van der Waals surface area (Å²) in [5, 5.41) is 8.76. The van der Waals surface area contributed by atoms with Crippen LogP contribution < -0.4 is 0 Å². The number of nitrogens with zero attached hydrogens (tertiary/aromatic N) is 1. The Bertz CT molecular complexity index is 379. The first-order valence-electron chi connectivity index (χ1n) is 6.63. The van der Waals surface area contributed by atoms with Crippen LogP contribution in [0.4, 0.5) is 0 Å². The van der Waals surface area contributed by atoms with Crippen LogP contribution in [-0.4, -0.2) is 19.3 Å². The van der Waals surface area contributed by atoms with E-state index >= 15 is 0 Å². The molecule has 0 radical (unpaired) electrons. The summed E-state index contributed by atoms with van der Waals surface area (Å²) in [7, 11) is -3.62. The van der Waals surface area contributed by atoms with Crippen LogP contribution in [0.15, 0.2) is 12.7 Å². The van der Waals surface area contributed by atoms with Gasteiger partial charge < -0.3 is 0 Å². The van der Waals surface area contributed by atoms with E-state index < -0.39 is 13.9 Å². The van der Waals surface area contributed by atoms with Crippen LogP contribution in [-0.2, 0) is 18.1 Å². The molecule has 5 nitrogen and oxygen atoms in total. The lowest BCUT2D eigenvalue weighted by molar-refractivity contribution is -0.0262. The molecular formula is C13H22NO4P. The fourth-order valence-electron chi connectivity index (χ4n) is 1.91. The second kappa shape index (κ2) is 7.21. The summed E-state index contributed by atoms with van der Waals surface area (Å²) in [6.45, 7) is 8.32. The van der Waals surface area contributed by atoms with Crippen LogP contribution in [0.1, 0.15) is 39.5 Å². The van der Waals surface area contributed by atoms with Gasteiger partial charge >= 0.3 is 7.82 Å². The van der Waals surface area contributed by atoms with Crippen LogP contribution in [0, 0.1) is 16.7 Å². The van der Waals surface area contributed by atoms with E-state index in [1.54, 1.807) is 0 Å². The first kappa shape index (κ1) is 16.4. The third-order valence-electron chi connectivity index (χ3n) is 3.45. The minimum atomic E-state index is -3.62. The van der Waals surface area contributed by atoms with Crippen LogP contribution in [0.3, 0.4) is 0 Å². The molecule has 0 aromatic heterocycles. The van der Waals surface area contributed by atoms with E-state index in [9.17, 15) is 4.57 Å². The molecule has 1 aliphatic heterocycles. The number of nitriles is 1. The van der Waals surface area contributed by atoms with Crippen molar-refractivity contribution in [3.05, 3.63) is 12.7 Å². The van der Waals surface area contributed by atoms with Crippen molar-refractivity contribution in [2.45, 2.75) is 45.6 Å². The topological polar surface area (TPSA) is 68.5 Å². The predicted molar refractivity (Wildman–Crippen MR) is 72.4 cm³/mol. The summed E-state index contributed by atoms with van der Waals surface area (Å²) >= 11 is 0. The van der Waals surface area contributed by atoms with Gasteiger partial charge in [0.2, 0.25) is 0 Å². The number of hydrogen-bond acceptors (Lipinski definition) is 5. The van der Waals surface area contributed by atoms with E-state index in [2.05, 4.69) is 20.4 Å². The van der Waals surface area contributed by atoms with E-state index in [1.807, 2.05) is 6.07 Å². The molecule has 0 amide bonds. The Hall–Kier alpha value is -0.660. The van der Waals surface area contributed by atoms with Crippen LogP contribution in [0.2, 0.25) is 0 Å². The average molecular weight is 287 g/mol. The Morgan fingerprint density at radius 1 is 1.53 bits per heavy atom. The molecule has 0 aliphatic carbocycles. The zero-order chi connectivity index (χ0) is 14.4. The second-order valence-electron chi connectivity index (χ2n) is 4.84. The second-order valence-corrected chi connectivity index (χ2v) is 6.46. The van der Waals surface area contributed by atoms with Crippen LogP contribution >= 0.6 is 7.82 Å². The lowest BCUT2D eigenvalue weighted by atomic mass is 9.82. The van der Waals surface area contributed by atoms with Gasteiger partial charge in [-0.05, 0) is 18.9 Å². The number of phosphoric ester groups is 1. The lowest BCUT2D eigenvalue weighted by Gasteiger charge is -2.38. The fraction of sp³-hybridized carbons (Fsp3) is 0.769. The lowest BCUT2D eigenvalue weighted by Crippen LogP contribution is -2.35. The molecule has 1 heterocycles. The minimum Gasteiger partial charge on any atom is -0.286 e. The van der Waals surface area contributed by atoms with Gasteiger partial charge in [0.05, 0.1) is 19.3 Å². The monoisotopic (exact) mass is 287 g/mol. The highest BCUT2D eigenvalue weighted by molar-refractivity contribution is 7.48. The molecule has 1 unspecified atom stereocenters. The van der Waals surface area contributed by atoms with Gasteiger partial charge in [0, 0.05) is 5.41 Å². The number of unbranched alkanes of at least 4 members (excludes halogenated alkanes) is 1. The Morgan fingerprint density at radius 3 is 2.58 bits per heavy atom. The van der Waals surface area contributed by atoms with Crippen molar-refractivity contribution in [1.29, 1.82) is 5.26 Å². The van der Waals surface area contributed by atoms with Gasteiger partial charge in [0.25, 0.3) is 0 Å². The van der Waals surface area contributed by atoms with Crippen molar-refractivity contribution in [3.8, 4) is 6.07 Å². The van der Waals surface area contributed by atoms with Crippen molar-refractivity contribution >= 4 is 7.82 Å². The summed E-state index contributed by atoms with van der Waals surface area (Å²) in [5.41, 5.74) is -0.0937. The molecular weight excluding hydrogens is 265 g/mol. The normalized spacial score (nSPS) is 32.5. The zero-order valence-corrected chi connectivity index (χ0v) is 12.5. The summed E-state index contributed by atoms with van der Waals surface area (Å²) in [4.78, 5) is 0.